The number of ether oxygens (including phenoxy) is 1. The van der Waals surface area contributed by atoms with Crippen LogP contribution in [0.15, 0.2) is 41.3 Å². The number of carbonyl (C=O) groups is 1. The van der Waals surface area contributed by atoms with E-state index >= 15 is 0 Å². The minimum Gasteiger partial charge on any atom is -0.456 e. The van der Waals surface area contributed by atoms with Gasteiger partial charge in [-0.2, -0.15) is 0 Å². The molecule has 0 bridgehead atoms. The van der Waals surface area contributed by atoms with E-state index in [1.165, 1.54) is 10.9 Å². The van der Waals surface area contributed by atoms with Crippen LogP contribution in [0.1, 0.15) is 39.5 Å². The van der Waals surface area contributed by atoms with Gasteiger partial charge in [0.05, 0.1) is 11.3 Å². The van der Waals surface area contributed by atoms with E-state index in [0.29, 0.717) is 16.2 Å². The maximum absolute atomic E-state index is 12.6. The molecule has 1 aromatic carbocycles. The van der Waals surface area contributed by atoms with Gasteiger partial charge in [0.15, 0.2) is 4.96 Å². The molecule has 28 heavy (non-hydrogen) atoms. The minimum absolute atomic E-state index is 0.0175. The molecule has 1 aliphatic rings. The lowest BCUT2D eigenvalue weighted by Crippen LogP contribution is -2.18. The first-order chi connectivity index (χ1) is 13.6. The summed E-state index contributed by atoms with van der Waals surface area (Å²) in [6.45, 7) is -0.0175. The number of aryl methyl sites for hydroxylation is 3. The second-order valence-electron chi connectivity index (χ2n) is 7.13. The van der Waals surface area contributed by atoms with Gasteiger partial charge in [0.2, 0.25) is 0 Å². The molecule has 4 aromatic rings. The van der Waals surface area contributed by atoms with Crippen LogP contribution in [0.2, 0.25) is 0 Å². The number of esters is 1. The third-order valence-electron chi connectivity index (χ3n) is 5.28. The van der Waals surface area contributed by atoms with Gasteiger partial charge >= 0.3 is 5.97 Å². The number of hydrogen-bond acceptors (Lipinski definition) is 5. The van der Waals surface area contributed by atoms with Gasteiger partial charge in [-0.05, 0) is 31.7 Å². The first kappa shape index (κ1) is 17.2. The number of aromatic nitrogens is 3. The standard InChI is InChI=1S/C21H19N3O3S/c1-23-11-15(14-6-2-3-7-16(14)23)20(26)27-12-13-10-19(25)24-17-8-4-5-9-18(17)28-21(24)22-13/h2-3,6-7,10-11H,4-5,8-9,12H2,1H3. The van der Waals surface area contributed by atoms with Crippen molar-refractivity contribution in [3.05, 3.63) is 68.7 Å². The van der Waals surface area contributed by atoms with Crippen LogP contribution < -0.4 is 5.56 Å². The summed E-state index contributed by atoms with van der Waals surface area (Å²) in [4.78, 5) is 31.7. The smallest absolute Gasteiger partial charge is 0.340 e. The summed E-state index contributed by atoms with van der Waals surface area (Å²) in [5.41, 5.74) is 2.97. The van der Waals surface area contributed by atoms with Gasteiger partial charge in [-0.1, -0.05) is 18.2 Å². The van der Waals surface area contributed by atoms with Crippen molar-refractivity contribution in [2.24, 2.45) is 7.05 Å². The maximum atomic E-state index is 12.6. The summed E-state index contributed by atoms with van der Waals surface area (Å²) in [6.07, 6.45) is 5.96. The van der Waals surface area contributed by atoms with Gasteiger partial charge < -0.3 is 9.30 Å². The Balaban J connectivity index is 1.42. The summed E-state index contributed by atoms with van der Waals surface area (Å²) in [6, 6.07) is 9.17. The van der Waals surface area contributed by atoms with Gasteiger partial charge in [0.1, 0.15) is 6.61 Å². The molecule has 0 atom stereocenters. The molecule has 0 saturated carbocycles. The van der Waals surface area contributed by atoms with E-state index in [-0.39, 0.29) is 12.2 Å². The highest BCUT2D eigenvalue weighted by atomic mass is 32.1. The maximum Gasteiger partial charge on any atom is 0.340 e. The fourth-order valence-corrected chi connectivity index (χ4v) is 5.17. The summed E-state index contributed by atoms with van der Waals surface area (Å²) in [5.74, 6) is -0.413. The number of carbonyl (C=O) groups excluding carboxylic acids is 1. The molecule has 6 nitrogen and oxygen atoms in total. The van der Waals surface area contributed by atoms with Gasteiger partial charge in [-0.15, -0.1) is 11.3 Å². The lowest BCUT2D eigenvalue weighted by atomic mass is 10.0. The molecule has 0 spiro atoms. The molecule has 3 aromatic heterocycles. The molecule has 0 fully saturated rings. The van der Waals surface area contributed by atoms with Gasteiger partial charge in [0, 0.05) is 40.8 Å². The monoisotopic (exact) mass is 393 g/mol. The predicted octanol–water partition coefficient (Wildman–Crippen LogP) is 3.48. The van der Waals surface area contributed by atoms with Crippen LogP contribution in [0.25, 0.3) is 15.9 Å². The minimum atomic E-state index is -0.413. The average molecular weight is 393 g/mol. The van der Waals surface area contributed by atoms with Gasteiger partial charge in [0.25, 0.3) is 5.56 Å². The molecular formula is C21H19N3O3S. The number of fused-ring (bicyclic) bond motifs is 4. The Morgan fingerprint density at radius 1 is 1.25 bits per heavy atom. The van der Waals surface area contributed by atoms with Gasteiger partial charge in [-0.3, -0.25) is 9.20 Å². The van der Waals surface area contributed by atoms with Crippen LogP contribution in [-0.2, 0) is 31.2 Å². The highest BCUT2D eigenvalue weighted by Crippen LogP contribution is 2.28. The third kappa shape index (κ3) is 2.74. The van der Waals surface area contributed by atoms with Gasteiger partial charge in [-0.25, -0.2) is 9.78 Å². The Morgan fingerprint density at radius 3 is 2.96 bits per heavy atom. The quantitative estimate of drug-likeness (QED) is 0.500. The lowest BCUT2D eigenvalue weighted by Gasteiger charge is -2.10. The zero-order valence-electron chi connectivity index (χ0n) is 15.5. The molecular weight excluding hydrogens is 374 g/mol. The molecule has 0 unspecified atom stereocenters. The second-order valence-corrected chi connectivity index (χ2v) is 8.19. The molecule has 142 valence electrons. The van der Waals surface area contributed by atoms with Crippen molar-refractivity contribution < 1.29 is 9.53 Å². The van der Waals surface area contributed by atoms with E-state index in [0.717, 1.165) is 42.3 Å². The van der Waals surface area contributed by atoms with Crippen molar-refractivity contribution in [2.75, 3.05) is 0 Å². The Morgan fingerprint density at radius 2 is 2.07 bits per heavy atom. The van der Waals surface area contributed by atoms with Crippen molar-refractivity contribution in [3.8, 4) is 0 Å². The summed E-state index contributed by atoms with van der Waals surface area (Å²) in [7, 11) is 1.90. The van der Waals surface area contributed by atoms with Crippen LogP contribution in [0.4, 0.5) is 0 Å². The van der Waals surface area contributed by atoms with Crippen molar-refractivity contribution in [2.45, 2.75) is 32.3 Å². The largest absolute Gasteiger partial charge is 0.456 e. The zero-order valence-corrected chi connectivity index (χ0v) is 16.3. The van der Waals surface area contributed by atoms with Crippen LogP contribution in [-0.4, -0.2) is 19.9 Å². The Labute approximate surface area is 165 Å². The predicted molar refractivity (Wildman–Crippen MR) is 108 cm³/mol. The molecule has 7 heteroatoms. The number of benzene rings is 1. The van der Waals surface area contributed by atoms with Crippen molar-refractivity contribution in [3.63, 3.8) is 0 Å². The lowest BCUT2D eigenvalue weighted by molar-refractivity contribution is 0.0470. The van der Waals surface area contributed by atoms with E-state index in [1.807, 2.05) is 35.9 Å². The van der Waals surface area contributed by atoms with Crippen LogP contribution in [0.3, 0.4) is 0 Å². The average Bonchev–Trinajstić information content (AvgIpc) is 3.24. The molecule has 0 saturated heterocycles. The van der Waals surface area contributed by atoms with Crippen LogP contribution in [0.5, 0.6) is 0 Å². The van der Waals surface area contributed by atoms with E-state index < -0.39 is 5.97 Å². The molecule has 0 amide bonds. The summed E-state index contributed by atoms with van der Waals surface area (Å²) < 4.78 is 9.10. The molecule has 0 radical (unpaired) electrons. The molecule has 0 aliphatic heterocycles. The normalized spacial score (nSPS) is 13.8. The fourth-order valence-electron chi connectivity index (χ4n) is 3.94. The number of rotatable bonds is 3. The van der Waals surface area contributed by atoms with Crippen LogP contribution in [0, 0.1) is 0 Å². The fraction of sp³-hybridized carbons (Fsp3) is 0.286. The van der Waals surface area contributed by atoms with Crippen molar-refractivity contribution >= 4 is 33.2 Å². The van der Waals surface area contributed by atoms with E-state index in [1.54, 1.807) is 21.9 Å². The summed E-state index contributed by atoms with van der Waals surface area (Å²) in [5, 5.41) is 0.851. The SMILES string of the molecule is Cn1cc(C(=O)OCc2cc(=O)n3c4c(sc3n2)CCCC4)c2ccccc21. The highest BCUT2D eigenvalue weighted by Gasteiger charge is 2.19. The first-order valence-electron chi connectivity index (χ1n) is 9.36. The molecule has 0 N–H and O–H groups in total. The highest BCUT2D eigenvalue weighted by molar-refractivity contribution is 7.17. The molecule has 5 rings (SSSR count). The zero-order chi connectivity index (χ0) is 19.3. The number of para-hydroxylation sites is 1. The van der Waals surface area contributed by atoms with Crippen LogP contribution >= 0.6 is 11.3 Å². The van der Waals surface area contributed by atoms with E-state index in [4.69, 9.17) is 4.74 Å². The van der Waals surface area contributed by atoms with E-state index in [9.17, 15) is 9.59 Å². The number of hydrogen-bond donors (Lipinski definition) is 0. The molecule has 1 aliphatic carbocycles. The topological polar surface area (TPSA) is 65.6 Å². The number of thiazole rings is 1. The van der Waals surface area contributed by atoms with Crippen molar-refractivity contribution in [1.82, 2.24) is 14.0 Å². The second kappa shape index (κ2) is 6.60. The van der Waals surface area contributed by atoms with Crippen molar-refractivity contribution in [1.29, 1.82) is 0 Å². The Hall–Kier alpha value is -2.93. The Kier molecular flexibility index (Phi) is 4.05. The van der Waals surface area contributed by atoms with E-state index in [2.05, 4.69) is 4.98 Å². The first-order valence-corrected chi connectivity index (χ1v) is 10.2. The number of nitrogens with zero attached hydrogens (tertiary/aromatic N) is 3. The summed E-state index contributed by atoms with van der Waals surface area (Å²) >= 11 is 1.57. The third-order valence-corrected chi connectivity index (χ3v) is 6.43. The molecule has 3 heterocycles. The Bertz CT molecular complexity index is 1280.